The molecule has 5 atom stereocenters. The summed E-state index contributed by atoms with van der Waals surface area (Å²) in [4.78, 5) is 30.4. The van der Waals surface area contributed by atoms with Crippen molar-refractivity contribution in [2.24, 2.45) is 16.8 Å². The van der Waals surface area contributed by atoms with Gasteiger partial charge in [-0.25, -0.2) is 9.18 Å². The van der Waals surface area contributed by atoms with Crippen LogP contribution in [-0.4, -0.2) is 57.7 Å². The highest BCUT2D eigenvalue weighted by atomic mass is 19.1. The van der Waals surface area contributed by atoms with E-state index in [0.29, 0.717) is 5.69 Å². The Balaban J connectivity index is 2.31. The normalized spacial score (nSPS) is 28.0. The highest BCUT2D eigenvalue weighted by Crippen LogP contribution is 2.39. The van der Waals surface area contributed by atoms with Crippen LogP contribution in [0, 0.1) is 12.8 Å². The molecule has 0 saturated carbocycles. The molecule has 0 spiro atoms. The number of aromatic nitrogens is 2. The maximum absolute atomic E-state index is 14.8. The number of aliphatic hydroxyl groups excluding tert-OH is 1. The SMILES string of the molecule is Cc1ccn([C@@H]2O[C@](CN=[N+]=[N-])(COC(=O)C(N)C(C)C)[C@@H](O)[C@H]2F)c(=O)n1. The van der Waals surface area contributed by atoms with Crippen molar-refractivity contribution in [2.75, 3.05) is 13.2 Å². The second-order valence-electron chi connectivity index (χ2n) is 6.99. The van der Waals surface area contributed by atoms with Gasteiger partial charge in [-0.1, -0.05) is 19.0 Å². The van der Waals surface area contributed by atoms with Gasteiger partial charge in [-0.3, -0.25) is 9.36 Å². The summed E-state index contributed by atoms with van der Waals surface area (Å²) in [5.41, 5.74) is 12.1. The summed E-state index contributed by atoms with van der Waals surface area (Å²) in [6.07, 6.45) is -4.16. The van der Waals surface area contributed by atoms with Gasteiger partial charge in [0.2, 0.25) is 0 Å². The molecule has 3 N–H and O–H groups in total. The van der Waals surface area contributed by atoms with E-state index in [0.717, 1.165) is 4.57 Å². The maximum Gasteiger partial charge on any atom is 0.349 e. The molecule has 2 heterocycles. The fourth-order valence-electron chi connectivity index (χ4n) is 2.73. The number of azide groups is 1. The molecule has 11 nitrogen and oxygen atoms in total. The molecule has 0 aromatic carbocycles. The van der Waals surface area contributed by atoms with Crippen molar-refractivity contribution in [3.63, 3.8) is 0 Å². The number of carbonyl (C=O) groups is 1. The van der Waals surface area contributed by atoms with Crippen LogP contribution in [0.15, 0.2) is 22.2 Å². The zero-order valence-corrected chi connectivity index (χ0v) is 15.7. The van der Waals surface area contributed by atoms with Gasteiger partial charge in [0.25, 0.3) is 0 Å². The minimum Gasteiger partial charge on any atom is -0.461 e. The van der Waals surface area contributed by atoms with E-state index < -0.39 is 55.0 Å². The van der Waals surface area contributed by atoms with Crippen LogP contribution in [0.25, 0.3) is 10.4 Å². The lowest BCUT2D eigenvalue weighted by Gasteiger charge is -2.30. The summed E-state index contributed by atoms with van der Waals surface area (Å²) >= 11 is 0. The Hall–Kier alpha value is -2.53. The molecule has 2 rings (SSSR count). The summed E-state index contributed by atoms with van der Waals surface area (Å²) < 4.78 is 26.4. The lowest BCUT2D eigenvalue weighted by Crippen LogP contribution is -2.50. The van der Waals surface area contributed by atoms with Crippen LogP contribution in [0.4, 0.5) is 4.39 Å². The van der Waals surface area contributed by atoms with Crippen molar-refractivity contribution in [1.82, 2.24) is 9.55 Å². The third kappa shape index (κ3) is 4.30. The number of nitrogens with zero attached hydrogens (tertiary/aromatic N) is 5. The van der Waals surface area contributed by atoms with Gasteiger partial charge >= 0.3 is 11.7 Å². The molecule has 1 unspecified atom stereocenters. The highest BCUT2D eigenvalue weighted by molar-refractivity contribution is 5.75. The number of hydrogen-bond acceptors (Lipinski definition) is 8. The Kier molecular flexibility index (Phi) is 6.73. The molecule has 1 aliphatic heterocycles. The molecule has 154 valence electrons. The molecule has 1 aliphatic rings. The molecule has 0 aliphatic carbocycles. The summed E-state index contributed by atoms with van der Waals surface area (Å²) in [5, 5.41) is 13.8. The lowest BCUT2D eigenvalue weighted by molar-refractivity contribution is -0.166. The quantitative estimate of drug-likeness (QED) is 0.289. The largest absolute Gasteiger partial charge is 0.461 e. The predicted octanol–water partition coefficient (Wildman–Crippen LogP) is 0.355. The summed E-state index contributed by atoms with van der Waals surface area (Å²) in [6, 6.07) is 0.537. The van der Waals surface area contributed by atoms with E-state index in [1.807, 2.05) is 0 Å². The molecule has 1 aromatic rings. The summed E-state index contributed by atoms with van der Waals surface area (Å²) in [7, 11) is 0. The molecule has 0 radical (unpaired) electrons. The molecule has 0 amide bonds. The Morgan fingerprint density at radius 1 is 1.64 bits per heavy atom. The first-order valence-corrected chi connectivity index (χ1v) is 8.62. The molecule has 28 heavy (non-hydrogen) atoms. The fraction of sp³-hybridized carbons (Fsp3) is 0.688. The molecule has 1 aromatic heterocycles. The Labute approximate surface area is 159 Å². The van der Waals surface area contributed by atoms with Gasteiger partial charge in [0.15, 0.2) is 12.4 Å². The van der Waals surface area contributed by atoms with Gasteiger partial charge in [-0.15, -0.1) is 0 Å². The third-order valence-electron chi connectivity index (χ3n) is 4.56. The first-order valence-electron chi connectivity index (χ1n) is 8.62. The average molecular weight is 398 g/mol. The van der Waals surface area contributed by atoms with E-state index in [-0.39, 0.29) is 5.92 Å². The number of halogens is 1. The van der Waals surface area contributed by atoms with Crippen molar-refractivity contribution < 1.29 is 23.8 Å². The Morgan fingerprint density at radius 2 is 2.32 bits per heavy atom. The average Bonchev–Trinajstić information content (AvgIpc) is 2.89. The highest BCUT2D eigenvalue weighted by Gasteiger charge is 2.56. The molecular formula is C16H23FN6O5. The number of aliphatic hydroxyl groups is 1. The van der Waals surface area contributed by atoms with Crippen molar-refractivity contribution in [3.8, 4) is 0 Å². The molecule has 0 bridgehead atoms. The number of aryl methyl sites for hydroxylation is 1. The van der Waals surface area contributed by atoms with Crippen LogP contribution in [0.5, 0.6) is 0 Å². The third-order valence-corrected chi connectivity index (χ3v) is 4.56. The van der Waals surface area contributed by atoms with Gasteiger partial charge < -0.3 is 20.3 Å². The summed E-state index contributed by atoms with van der Waals surface area (Å²) in [5.74, 6) is -0.993. The monoisotopic (exact) mass is 398 g/mol. The number of carbonyl (C=O) groups excluding carboxylic acids is 1. The van der Waals surface area contributed by atoms with Crippen molar-refractivity contribution in [1.29, 1.82) is 0 Å². The minimum absolute atomic E-state index is 0.214. The smallest absolute Gasteiger partial charge is 0.349 e. The first-order chi connectivity index (χ1) is 13.1. The molecule has 1 fully saturated rings. The van der Waals surface area contributed by atoms with Crippen molar-refractivity contribution in [2.45, 2.75) is 50.9 Å². The van der Waals surface area contributed by atoms with E-state index in [9.17, 15) is 19.1 Å². The second kappa shape index (κ2) is 8.65. The predicted molar refractivity (Wildman–Crippen MR) is 94.8 cm³/mol. The molecule has 1 saturated heterocycles. The van der Waals surface area contributed by atoms with Gasteiger partial charge in [-0.05, 0) is 24.4 Å². The zero-order chi connectivity index (χ0) is 21.1. The van der Waals surface area contributed by atoms with Crippen molar-refractivity contribution in [3.05, 3.63) is 38.9 Å². The number of esters is 1. The van der Waals surface area contributed by atoms with Crippen LogP contribution < -0.4 is 11.4 Å². The van der Waals surface area contributed by atoms with Crippen molar-refractivity contribution >= 4 is 5.97 Å². The van der Waals surface area contributed by atoms with Crippen LogP contribution in [0.2, 0.25) is 0 Å². The van der Waals surface area contributed by atoms with Gasteiger partial charge in [0, 0.05) is 16.8 Å². The van der Waals surface area contributed by atoms with E-state index in [2.05, 4.69) is 15.0 Å². The van der Waals surface area contributed by atoms with Crippen LogP contribution in [0.1, 0.15) is 25.8 Å². The molecular weight excluding hydrogens is 375 g/mol. The number of nitrogens with two attached hydrogens (primary N) is 1. The second-order valence-corrected chi connectivity index (χ2v) is 6.99. The van der Waals surface area contributed by atoms with E-state index in [1.165, 1.54) is 12.3 Å². The number of alkyl halides is 1. The van der Waals surface area contributed by atoms with E-state index in [1.54, 1.807) is 20.8 Å². The Morgan fingerprint density at radius 3 is 2.89 bits per heavy atom. The van der Waals surface area contributed by atoms with Gasteiger partial charge in [0.1, 0.15) is 24.4 Å². The number of rotatable bonds is 7. The van der Waals surface area contributed by atoms with E-state index >= 15 is 0 Å². The first kappa shape index (κ1) is 21.8. The number of ether oxygens (including phenoxy) is 2. The summed E-state index contributed by atoms with van der Waals surface area (Å²) in [6.45, 7) is 3.88. The fourth-order valence-corrected chi connectivity index (χ4v) is 2.73. The minimum atomic E-state index is -2.06. The standard InChI is InChI=1S/C16H23FN6O5/c1-8(2)11(18)14(25)27-7-16(6-20-22-19)12(24)10(17)13(28-16)23-5-4-9(3)21-15(23)26/h4-5,8,10-13,24H,6-7,18H2,1-3H3/t10-,11?,12+,13-,16-/m1/s1. The molecule has 12 heteroatoms. The number of hydrogen-bond donors (Lipinski definition) is 2. The van der Waals surface area contributed by atoms with Gasteiger partial charge in [-0.2, -0.15) is 4.98 Å². The van der Waals surface area contributed by atoms with Crippen LogP contribution >= 0.6 is 0 Å². The van der Waals surface area contributed by atoms with E-state index in [4.69, 9.17) is 20.7 Å². The topological polar surface area (TPSA) is 165 Å². The van der Waals surface area contributed by atoms with Crippen LogP contribution in [-0.2, 0) is 14.3 Å². The van der Waals surface area contributed by atoms with Gasteiger partial charge in [0.05, 0.1) is 6.54 Å². The van der Waals surface area contributed by atoms with Crippen LogP contribution in [0.3, 0.4) is 0 Å². The lowest BCUT2D eigenvalue weighted by atomic mass is 9.96. The maximum atomic E-state index is 14.8. The zero-order valence-electron chi connectivity index (χ0n) is 15.7. The Bertz CT molecular complexity index is 826.